The maximum atomic E-state index is 13.9. The average Bonchev–Trinajstić information content (AvgIpc) is 3.32. The quantitative estimate of drug-likeness (QED) is 0.167. The Labute approximate surface area is 189 Å². The number of esters is 1. The molecule has 0 aliphatic rings. The molecule has 0 bridgehead atoms. The number of carbonyl (C=O) groups excluding carboxylic acids is 2. The molecule has 8 nitrogen and oxygen atoms in total. The number of Topliss-reactive ketones (excluding diaryl/α,β-unsaturated/α-hetero) is 1. The first-order valence-electron chi connectivity index (χ1n) is 9.76. The predicted octanol–water partition coefficient (Wildman–Crippen LogP) is 4.51. The molecule has 3 aromatic rings. The van der Waals surface area contributed by atoms with Gasteiger partial charge in [-0.25, -0.2) is 0 Å². The Hall–Kier alpha value is -3.65. The highest BCUT2D eigenvalue weighted by Crippen LogP contribution is 2.37. The van der Waals surface area contributed by atoms with E-state index in [-0.39, 0.29) is 35.5 Å². The number of carbonyl (C=O) groups is 2. The highest BCUT2D eigenvalue weighted by molar-refractivity contribution is 6.30. The summed E-state index contributed by atoms with van der Waals surface area (Å²) in [4.78, 5) is 41.3. The van der Waals surface area contributed by atoms with Gasteiger partial charge in [-0.1, -0.05) is 11.6 Å². The van der Waals surface area contributed by atoms with Gasteiger partial charge in [-0.3, -0.25) is 19.7 Å². The first-order chi connectivity index (χ1) is 15.3. The monoisotopic (exact) mass is 456 g/mol. The second-order valence-corrected chi connectivity index (χ2v) is 7.41. The molecule has 3 rings (SSSR count). The molecule has 0 spiro atoms. The number of ether oxygens (including phenoxy) is 2. The summed E-state index contributed by atoms with van der Waals surface area (Å²) in [5.74, 6) is -1.04. The van der Waals surface area contributed by atoms with Gasteiger partial charge in [-0.05, 0) is 55.5 Å². The third kappa shape index (κ3) is 4.36. The standard InChI is InChI=1S/C23H21ClN2O6/c1-3-32-22(28)23(20-5-4-12-25-20,21(27)15-6-8-17(24)9-7-15)14-16-13-18(31-2)10-11-19(16)26(29)30/h4-13,25H,3,14H2,1-2H3. The molecule has 2 aromatic carbocycles. The Morgan fingerprint density at radius 1 is 1.16 bits per heavy atom. The molecule has 1 heterocycles. The Bertz CT molecular complexity index is 1130. The number of rotatable bonds is 9. The summed E-state index contributed by atoms with van der Waals surface area (Å²) in [6.07, 6.45) is 1.25. The second-order valence-electron chi connectivity index (χ2n) is 6.97. The number of nitro groups is 1. The molecule has 1 N–H and O–H groups in total. The van der Waals surface area contributed by atoms with E-state index in [4.69, 9.17) is 21.1 Å². The van der Waals surface area contributed by atoms with Crippen molar-refractivity contribution in [1.82, 2.24) is 4.98 Å². The van der Waals surface area contributed by atoms with Crippen LogP contribution in [-0.2, 0) is 21.4 Å². The van der Waals surface area contributed by atoms with E-state index in [9.17, 15) is 19.7 Å². The Morgan fingerprint density at radius 3 is 2.44 bits per heavy atom. The molecule has 166 valence electrons. The van der Waals surface area contributed by atoms with Gasteiger partial charge in [0, 0.05) is 40.5 Å². The zero-order chi connectivity index (χ0) is 23.3. The van der Waals surface area contributed by atoms with Crippen LogP contribution >= 0.6 is 11.6 Å². The van der Waals surface area contributed by atoms with E-state index in [1.807, 2.05) is 0 Å². The van der Waals surface area contributed by atoms with E-state index < -0.39 is 22.1 Å². The maximum Gasteiger partial charge on any atom is 0.326 e. The van der Waals surface area contributed by atoms with Crippen LogP contribution in [0.2, 0.25) is 5.02 Å². The van der Waals surface area contributed by atoms with Crippen LogP contribution in [0.15, 0.2) is 60.8 Å². The van der Waals surface area contributed by atoms with Crippen LogP contribution < -0.4 is 4.74 Å². The number of nitrogens with zero attached hydrogens (tertiary/aromatic N) is 1. The Kier molecular flexibility index (Phi) is 6.95. The lowest BCUT2D eigenvalue weighted by Crippen LogP contribution is -2.47. The van der Waals surface area contributed by atoms with Crippen LogP contribution in [0.25, 0.3) is 0 Å². The number of H-pyrrole nitrogens is 1. The molecule has 0 fully saturated rings. The molecule has 9 heteroatoms. The van der Waals surface area contributed by atoms with Crippen molar-refractivity contribution in [3.05, 3.63) is 92.8 Å². The van der Waals surface area contributed by atoms with Gasteiger partial charge >= 0.3 is 5.97 Å². The van der Waals surface area contributed by atoms with Crippen molar-refractivity contribution in [1.29, 1.82) is 0 Å². The van der Waals surface area contributed by atoms with Crippen LogP contribution in [-0.4, -0.2) is 35.4 Å². The van der Waals surface area contributed by atoms with E-state index >= 15 is 0 Å². The van der Waals surface area contributed by atoms with Crippen molar-refractivity contribution in [3.8, 4) is 5.75 Å². The molecule has 0 amide bonds. The molecule has 0 aliphatic heterocycles. The minimum atomic E-state index is -1.90. The molecule has 1 unspecified atom stereocenters. The summed E-state index contributed by atoms with van der Waals surface area (Å²) in [6.45, 7) is 1.65. The number of hydrogen-bond acceptors (Lipinski definition) is 6. The van der Waals surface area contributed by atoms with Gasteiger partial charge in [0.05, 0.1) is 18.6 Å². The maximum absolute atomic E-state index is 13.9. The van der Waals surface area contributed by atoms with Crippen LogP contribution in [0.4, 0.5) is 5.69 Å². The molecule has 1 atom stereocenters. The number of aromatic amines is 1. The SMILES string of the molecule is CCOC(=O)C(Cc1cc(OC)ccc1[N+](=O)[O-])(C(=O)c1ccc(Cl)cc1)c1ccc[nH]1. The van der Waals surface area contributed by atoms with Gasteiger partial charge in [-0.2, -0.15) is 0 Å². The lowest BCUT2D eigenvalue weighted by Gasteiger charge is -2.29. The summed E-state index contributed by atoms with van der Waals surface area (Å²) in [7, 11) is 1.42. The van der Waals surface area contributed by atoms with E-state index in [1.165, 1.54) is 49.6 Å². The van der Waals surface area contributed by atoms with Gasteiger partial charge in [0.2, 0.25) is 0 Å². The molecule has 1 aromatic heterocycles. The van der Waals surface area contributed by atoms with Gasteiger partial charge in [0.1, 0.15) is 5.75 Å². The highest BCUT2D eigenvalue weighted by atomic mass is 35.5. The zero-order valence-electron chi connectivity index (χ0n) is 17.5. The Morgan fingerprint density at radius 2 is 1.88 bits per heavy atom. The van der Waals surface area contributed by atoms with Crippen molar-refractivity contribution in [2.45, 2.75) is 18.8 Å². The average molecular weight is 457 g/mol. The number of methoxy groups -OCH3 is 1. The second kappa shape index (κ2) is 9.65. The summed E-state index contributed by atoms with van der Waals surface area (Å²) >= 11 is 5.96. The van der Waals surface area contributed by atoms with E-state index in [0.29, 0.717) is 10.8 Å². The first-order valence-corrected chi connectivity index (χ1v) is 10.1. The van der Waals surface area contributed by atoms with Gasteiger partial charge in [0.25, 0.3) is 5.69 Å². The summed E-state index contributed by atoms with van der Waals surface area (Å²) < 4.78 is 10.5. The third-order valence-corrected chi connectivity index (χ3v) is 5.37. The molecular weight excluding hydrogens is 436 g/mol. The highest BCUT2D eigenvalue weighted by Gasteiger charge is 2.51. The number of aromatic nitrogens is 1. The fourth-order valence-electron chi connectivity index (χ4n) is 3.56. The number of nitrogens with one attached hydrogen (secondary N) is 1. The van der Waals surface area contributed by atoms with Crippen molar-refractivity contribution in [2.75, 3.05) is 13.7 Å². The molecule has 32 heavy (non-hydrogen) atoms. The van der Waals surface area contributed by atoms with Crippen molar-refractivity contribution < 1.29 is 24.0 Å². The number of ketones is 1. The largest absolute Gasteiger partial charge is 0.497 e. The Balaban J connectivity index is 2.27. The van der Waals surface area contributed by atoms with Crippen molar-refractivity contribution in [3.63, 3.8) is 0 Å². The number of nitro benzene ring substituents is 1. The summed E-state index contributed by atoms with van der Waals surface area (Å²) in [5.41, 5.74) is -1.52. The number of hydrogen-bond donors (Lipinski definition) is 1. The van der Waals surface area contributed by atoms with Gasteiger partial charge in [-0.15, -0.1) is 0 Å². The fraction of sp³-hybridized carbons (Fsp3) is 0.217. The topological polar surface area (TPSA) is 112 Å². The van der Waals surface area contributed by atoms with Crippen molar-refractivity contribution >= 4 is 29.0 Å². The first kappa shape index (κ1) is 23.0. The van der Waals surface area contributed by atoms with E-state index in [2.05, 4.69) is 4.98 Å². The lowest BCUT2D eigenvalue weighted by atomic mass is 9.72. The minimum Gasteiger partial charge on any atom is -0.497 e. The fourth-order valence-corrected chi connectivity index (χ4v) is 3.69. The van der Waals surface area contributed by atoms with Crippen molar-refractivity contribution in [2.24, 2.45) is 0 Å². The summed E-state index contributed by atoms with van der Waals surface area (Å²) in [5, 5.41) is 12.1. The number of benzene rings is 2. The molecular formula is C23H21ClN2O6. The van der Waals surface area contributed by atoms with Crippen LogP contribution in [0.5, 0.6) is 5.75 Å². The van der Waals surface area contributed by atoms with Gasteiger partial charge < -0.3 is 14.5 Å². The number of halogens is 1. The van der Waals surface area contributed by atoms with Crippen LogP contribution in [0, 0.1) is 10.1 Å². The van der Waals surface area contributed by atoms with Crippen LogP contribution in [0.1, 0.15) is 28.5 Å². The minimum absolute atomic E-state index is 0.0232. The smallest absolute Gasteiger partial charge is 0.326 e. The van der Waals surface area contributed by atoms with Crippen LogP contribution in [0.3, 0.4) is 0 Å². The molecule has 0 aliphatic carbocycles. The molecule has 0 radical (unpaired) electrons. The summed E-state index contributed by atoms with van der Waals surface area (Å²) in [6, 6.07) is 13.5. The normalized spacial score (nSPS) is 12.6. The van der Waals surface area contributed by atoms with E-state index in [1.54, 1.807) is 25.3 Å². The molecule has 0 saturated carbocycles. The zero-order valence-corrected chi connectivity index (χ0v) is 18.2. The van der Waals surface area contributed by atoms with E-state index in [0.717, 1.165) is 0 Å². The third-order valence-electron chi connectivity index (χ3n) is 5.11. The van der Waals surface area contributed by atoms with Gasteiger partial charge in [0.15, 0.2) is 11.2 Å². The predicted molar refractivity (Wildman–Crippen MR) is 118 cm³/mol. The lowest BCUT2D eigenvalue weighted by molar-refractivity contribution is -0.385. The molecule has 0 saturated heterocycles.